The van der Waals surface area contributed by atoms with Crippen LogP contribution >= 0.6 is 0 Å². The number of rotatable bonds is 6. The third-order valence-corrected chi connectivity index (χ3v) is 4.01. The molecule has 1 aromatic rings. The van der Waals surface area contributed by atoms with E-state index >= 15 is 0 Å². The van der Waals surface area contributed by atoms with Gasteiger partial charge in [-0.15, -0.1) is 0 Å². The van der Waals surface area contributed by atoms with Crippen LogP contribution in [0.1, 0.15) is 52.0 Å². The molecule has 3 nitrogen and oxygen atoms in total. The third-order valence-electron chi connectivity index (χ3n) is 4.01. The molecule has 20 heavy (non-hydrogen) atoms. The minimum atomic E-state index is 0.336. The first-order valence-electron chi connectivity index (χ1n) is 7.98. The number of ether oxygens (including phenoxy) is 1. The van der Waals surface area contributed by atoms with Gasteiger partial charge < -0.3 is 10.1 Å². The van der Waals surface area contributed by atoms with Crippen LogP contribution < -0.4 is 10.1 Å². The van der Waals surface area contributed by atoms with Crippen molar-refractivity contribution in [1.29, 1.82) is 0 Å². The maximum Gasteiger partial charge on any atom is 0.218 e. The predicted octanol–water partition coefficient (Wildman–Crippen LogP) is 3.78. The Morgan fingerprint density at radius 1 is 1.35 bits per heavy atom. The number of hydrogen-bond acceptors (Lipinski definition) is 3. The highest BCUT2D eigenvalue weighted by Gasteiger charge is 2.24. The van der Waals surface area contributed by atoms with Crippen LogP contribution in [0, 0.1) is 11.8 Å². The largest absolute Gasteiger partial charge is 0.474 e. The fraction of sp³-hybridized carbons (Fsp3) is 0.706. The Bertz CT molecular complexity index is 406. The number of hydrogen-bond donors (Lipinski definition) is 1. The molecule has 0 spiro atoms. The van der Waals surface area contributed by atoms with Gasteiger partial charge in [0.05, 0.1) is 0 Å². The molecule has 1 aromatic heterocycles. The number of pyridine rings is 1. The lowest BCUT2D eigenvalue weighted by Crippen LogP contribution is -2.29. The van der Waals surface area contributed by atoms with E-state index in [1.165, 1.54) is 24.8 Å². The van der Waals surface area contributed by atoms with Crippen LogP contribution in [-0.2, 0) is 6.54 Å². The Hall–Kier alpha value is -1.09. The van der Waals surface area contributed by atoms with Crippen molar-refractivity contribution in [2.75, 3.05) is 6.54 Å². The van der Waals surface area contributed by atoms with Crippen molar-refractivity contribution in [2.24, 2.45) is 11.8 Å². The molecule has 0 bridgehead atoms. The molecule has 1 aliphatic carbocycles. The van der Waals surface area contributed by atoms with Crippen LogP contribution in [0.2, 0.25) is 0 Å². The molecule has 0 radical (unpaired) electrons. The van der Waals surface area contributed by atoms with Gasteiger partial charge in [-0.25, -0.2) is 4.98 Å². The Morgan fingerprint density at radius 3 is 2.90 bits per heavy atom. The van der Waals surface area contributed by atoms with E-state index in [-0.39, 0.29) is 0 Å². The Kier molecular flexibility index (Phi) is 5.84. The van der Waals surface area contributed by atoms with E-state index in [4.69, 9.17) is 4.74 Å². The lowest BCUT2D eigenvalue weighted by Gasteiger charge is -2.29. The van der Waals surface area contributed by atoms with Crippen LogP contribution in [0.15, 0.2) is 18.3 Å². The second kappa shape index (κ2) is 7.63. The molecule has 1 N–H and O–H groups in total. The van der Waals surface area contributed by atoms with Gasteiger partial charge in [0.25, 0.3) is 0 Å². The Labute approximate surface area is 123 Å². The van der Waals surface area contributed by atoms with Gasteiger partial charge in [0.2, 0.25) is 5.88 Å². The van der Waals surface area contributed by atoms with Crippen LogP contribution in [0.3, 0.4) is 0 Å². The van der Waals surface area contributed by atoms with Gasteiger partial charge >= 0.3 is 0 Å². The minimum absolute atomic E-state index is 0.336. The summed E-state index contributed by atoms with van der Waals surface area (Å²) < 4.78 is 6.21. The topological polar surface area (TPSA) is 34.2 Å². The van der Waals surface area contributed by atoms with Gasteiger partial charge in [0.15, 0.2) is 0 Å². The SMILES string of the molecule is CC(C)CNCc1cccnc1OC1CCCCC1C. The van der Waals surface area contributed by atoms with Crippen LogP contribution in [0.5, 0.6) is 5.88 Å². The fourth-order valence-corrected chi connectivity index (χ4v) is 2.76. The molecule has 2 atom stereocenters. The van der Waals surface area contributed by atoms with Crippen molar-refractivity contribution in [1.82, 2.24) is 10.3 Å². The molecule has 2 unspecified atom stereocenters. The zero-order valence-electron chi connectivity index (χ0n) is 13.1. The highest BCUT2D eigenvalue weighted by Crippen LogP contribution is 2.28. The summed E-state index contributed by atoms with van der Waals surface area (Å²) in [6.45, 7) is 8.59. The van der Waals surface area contributed by atoms with Crippen LogP contribution in [0.25, 0.3) is 0 Å². The van der Waals surface area contributed by atoms with Gasteiger partial charge in [-0.05, 0) is 43.7 Å². The summed E-state index contributed by atoms with van der Waals surface area (Å²) >= 11 is 0. The summed E-state index contributed by atoms with van der Waals surface area (Å²) in [6.07, 6.45) is 7.22. The van der Waals surface area contributed by atoms with Gasteiger partial charge in [-0.2, -0.15) is 0 Å². The van der Waals surface area contributed by atoms with E-state index in [1.807, 2.05) is 12.3 Å². The zero-order chi connectivity index (χ0) is 14.4. The molecule has 2 rings (SSSR count). The first kappa shape index (κ1) is 15.3. The summed E-state index contributed by atoms with van der Waals surface area (Å²) in [6, 6.07) is 4.10. The molecule has 1 saturated carbocycles. The van der Waals surface area contributed by atoms with E-state index in [9.17, 15) is 0 Å². The van der Waals surface area contributed by atoms with Crippen molar-refractivity contribution in [3.05, 3.63) is 23.9 Å². The lowest BCUT2D eigenvalue weighted by atomic mass is 9.88. The minimum Gasteiger partial charge on any atom is -0.474 e. The monoisotopic (exact) mass is 276 g/mol. The molecule has 0 aliphatic heterocycles. The first-order chi connectivity index (χ1) is 9.66. The number of aromatic nitrogens is 1. The molecule has 0 saturated heterocycles. The normalized spacial score (nSPS) is 23.0. The highest BCUT2D eigenvalue weighted by atomic mass is 16.5. The van der Waals surface area contributed by atoms with Crippen molar-refractivity contribution in [3.8, 4) is 5.88 Å². The second-order valence-corrected chi connectivity index (χ2v) is 6.41. The summed E-state index contributed by atoms with van der Waals surface area (Å²) in [5.41, 5.74) is 1.17. The number of nitrogens with zero attached hydrogens (tertiary/aromatic N) is 1. The molecule has 1 fully saturated rings. The van der Waals surface area contributed by atoms with Gasteiger partial charge in [-0.3, -0.25) is 0 Å². The van der Waals surface area contributed by atoms with Crippen LogP contribution in [-0.4, -0.2) is 17.6 Å². The van der Waals surface area contributed by atoms with Gasteiger partial charge in [-0.1, -0.05) is 33.3 Å². The van der Waals surface area contributed by atoms with E-state index in [1.54, 1.807) is 0 Å². The molecule has 1 aliphatic rings. The van der Waals surface area contributed by atoms with Crippen molar-refractivity contribution in [2.45, 2.75) is 59.1 Å². The number of nitrogens with one attached hydrogen (secondary N) is 1. The predicted molar refractivity (Wildman–Crippen MR) is 82.8 cm³/mol. The second-order valence-electron chi connectivity index (χ2n) is 6.41. The van der Waals surface area contributed by atoms with Gasteiger partial charge in [0.1, 0.15) is 6.10 Å². The Balaban J connectivity index is 1.96. The third kappa shape index (κ3) is 4.48. The average molecular weight is 276 g/mol. The van der Waals surface area contributed by atoms with Crippen molar-refractivity contribution in [3.63, 3.8) is 0 Å². The molecular weight excluding hydrogens is 248 g/mol. The lowest BCUT2D eigenvalue weighted by molar-refractivity contribution is 0.0962. The van der Waals surface area contributed by atoms with E-state index in [0.717, 1.165) is 25.4 Å². The summed E-state index contributed by atoms with van der Waals surface area (Å²) in [5, 5.41) is 3.47. The Morgan fingerprint density at radius 2 is 2.15 bits per heavy atom. The average Bonchev–Trinajstić information content (AvgIpc) is 2.43. The summed E-state index contributed by atoms with van der Waals surface area (Å²) in [5.74, 6) is 2.12. The summed E-state index contributed by atoms with van der Waals surface area (Å²) in [4.78, 5) is 4.44. The highest BCUT2D eigenvalue weighted by molar-refractivity contribution is 5.25. The van der Waals surface area contributed by atoms with E-state index in [0.29, 0.717) is 17.9 Å². The summed E-state index contributed by atoms with van der Waals surface area (Å²) in [7, 11) is 0. The molecule has 3 heteroatoms. The molecular formula is C17H28N2O. The smallest absolute Gasteiger partial charge is 0.218 e. The molecule has 0 amide bonds. The van der Waals surface area contributed by atoms with E-state index in [2.05, 4.69) is 37.1 Å². The molecule has 1 heterocycles. The maximum absolute atomic E-state index is 6.21. The molecule has 112 valence electrons. The van der Waals surface area contributed by atoms with Gasteiger partial charge in [0, 0.05) is 18.3 Å². The quantitative estimate of drug-likeness (QED) is 0.858. The standard InChI is InChI=1S/C17H28N2O/c1-13(2)11-18-12-15-8-6-10-19-17(15)20-16-9-5-4-7-14(16)3/h6,8,10,13-14,16,18H,4-5,7,9,11-12H2,1-3H3. The van der Waals surface area contributed by atoms with Crippen molar-refractivity contribution >= 4 is 0 Å². The van der Waals surface area contributed by atoms with E-state index < -0.39 is 0 Å². The van der Waals surface area contributed by atoms with Crippen molar-refractivity contribution < 1.29 is 4.74 Å². The zero-order valence-corrected chi connectivity index (χ0v) is 13.1. The van der Waals surface area contributed by atoms with Crippen LogP contribution in [0.4, 0.5) is 0 Å². The first-order valence-corrected chi connectivity index (χ1v) is 7.98. The molecule has 0 aromatic carbocycles. The maximum atomic E-state index is 6.21. The fourth-order valence-electron chi connectivity index (χ4n) is 2.76.